The Morgan fingerprint density at radius 1 is 1.45 bits per heavy atom. The summed E-state index contributed by atoms with van der Waals surface area (Å²) in [5, 5.41) is 9.64. The van der Waals surface area contributed by atoms with Crippen LogP contribution in [0.25, 0.3) is 0 Å². The van der Waals surface area contributed by atoms with E-state index in [0.29, 0.717) is 11.8 Å². The fraction of sp³-hybridized carbons (Fsp3) is 1.00. The Balaban J connectivity index is 2.45. The summed E-state index contributed by atoms with van der Waals surface area (Å²) in [5.74, 6) is 0.876. The maximum absolute atomic E-state index is 9.64. The summed E-state index contributed by atoms with van der Waals surface area (Å²) < 4.78 is 5.38. The first-order valence-corrected chi connectivity index (χ1v) is 4.47. The summed E-state index contributed by atoms with van der Waals surface area (Å²) in [6, 6.07) is 0. The van der Waals surface area contributed by atoms with Gasteiger partial charge in [0.1, 0.15) is 0 Å². The van der Waals surface area contributed by atoms with Gasteiger partial charge >= 0.3 is 0 Å². The zero-order valence-corrected chi connectivity index (χ0v) is 7.42. The first-order chi connectivity index (χ1) is 5.22. The Labute approximate surface area is 68.6 Å². The monoisotopic (exact) mass is 158 g/mol. The molecule has 1 N–H and O–H groups in total. The van der Waals surface area contributed by atoms with Crippen LogP contribution < -0.4 is 0 Å². The van der Waals surface area contributed by atoms with Crippen molar-refractivity contribution in [1.82, 2.24) is 0 Å². The fourth-order valence-corrected chi connectivity index (χ4v) is 1.58. The van der Waals surface area contributed by atoms with Gasteiger partial charge in [-0.1, -0.05) is 13.8 Å². The smallest absolute Gasteiger partial charge is 0.0593 e. The zero-order chi connectivity index (χ0) is 8.27. The molecule has 1 rings (SSSR count). The number of hydrogen-bond donors (Lipinski definition) is 1. The Morgan fingerprint density at radius 2 is 2.18 bits per heavy atom. The lowest BCUT2D eigenvalue weighted by Crippen LogP contribution is -2.27. The standard InChI is InChI=1S/C9H18O2/c1-7(2)8-6-11-5-3-4-9(8)10/h7-10H,3-6H2,1-2H3. The molecule has 0 saturated carbocycles. The van der Waals surface area contributed by atoms with Crippen molar-refractivity contribution in [2.75, 3.05) is 13.2 Å². The van der Waals surface area contributed by atoms with Crippen molar-refractivity contribution in [3.8, 4) is 0 Å². The molecule has 0 bridgehead atoms. The maximum atomic E-state index is 9.64. The van der Waals surface area contributed by atoms with Crippen LogP contribution in [0.3, 0.4) is 0 Å². The highest BCUT2D eigenvalue weighted by atomic mass is 16.5. The van der Waals surface area contributed by atoms with Crippen LogP contribution >= 0.6 is 0 Å². The quantitative estimate of drug-likeness (QED) is 0.625. The molecule has 1 fully saturated rings. The van der Waals surface area contributed by atoms with E-state index >= 15 is 0 Å². The number of rotatable bonds is 1. The highest BCUT2D eigenvalue weighted by Gasteiger charge is 2.24. The van der Waals surface area contributed by atoms with Gasteiger partial charge in [-0.3, -0.25) is 0 Å². The van der Waals surface area contributed by atoms with E-state index in [4.69, 9.17) is 4.74 Å². The summed E-state index contributed by atoms with van der Waals surface area (Å²) >= 11 is 0. The van der Waals surface area contributed by atoms with Gasteiger partial charge in [-0.25, -0.2) is 0 Å². The number of aliphatic hydroxyl groups excluding tert-OH is 1. The lowest BCUT2D eigenvalue weighted by atomic mass is 9.89. The molecule has 1 heterocycles. The Hall–Kier alpha value is -0.0800. The Bertz CT molecular complexity index is 112. The van der Waals surface area contributed by atoms with Gasteiger partial charge in [0.25, 0.3) is 0 Å². The summed E-state index contributed by atoms with van der Waals surface area (Å²) in [5.41, 5.74) is 0. The summed E-state index contributed by atoms with van der Waals surface area (Å²) in [6.07, 6.45) is 1.77. The lowest BCUT2D eigenvalue weighted by molar-refractivity contribution is 0.0347. The molecule has 0 aromatic heterocycles. The Kier molecular flexibility index (Phi) is 3.34. The predicted molar refractivity (Wildman–Crippen MR) is 44.4 cm³/mol. The van der Waals surface area contributed by atoms with Crippen LogP contribution in [0, 0.1) is 11.8 Å². The van der Waals surface area contributed by atoms with Crippen LogP contribution in [0.15, 0.2) is 0 Å². The van der Waals surface area contributed by atoms with E-state index in [1.54, 1.807) is 0 Å². The van der Waals surface area contributed by atoms with E-state index in [9.17, 15) is 5.11 Å². The van der Waals surface area contributed by atoms with Crippen LogP contribution in [0.2, 0.25) is 0 Å². The number of ether oxygens (including phenoxy) is 1. The van der Waals surface area contributed by atoms with Gasteiger partial charge in [0.15, 0.2) is 0 Å². The predicted octanol–water partition coefficient (Wildman–Crippen LogP) is 1.43. The molecule has 2 heteroatoms. The molecule has 0 aromatic rings. The van der Waals surface area contributed by atoms with Gasteiger partial charge in [0.2, 0.25) is 0 Å². The van der Waals surface area contributed by atoms with Gasteiger partial charge in [0.05, 0.1) is 12.7 Å². The molecule has 0 radical (unpaired) electrons. The summed E-state index contributed by atoms with van der Waals surface area (Å²) in [6.45, 7) is 5.84. The van der Waals surface area contributed by atoms with Crippen molar-refractivity contribution in [3.63, 3.8) is 0 Å². The molecule has 0 aliphatic carbocycles. The van der Waals surface area contributed by atoms with Crippen molar-refractivity contribution in [2.24, 2.45) is 11.8 Å². The second kappa shape index (κ2) is 4.07. The van der Waals surface area contributed by atoms with Crippen molar-refractivity contribution < 1.29 is 9.84 Å². The molecular formula is C9H18O2. The van der Waals surface area contributed by atoms with Crippen LogP contribution in [0.1, 0.15) is 26.7 Å². The van der Waals surface area contributed by atoms with E-state index < -0.39 is 0 Å². The van der Waals surface area contributed by atoms with E-state index in [1.165, 1.54) is 0 Å². The van der Waals surface area contributed by atoms with E-state index in [0.717, 1.165) is 26.1 Å². The van der Waals surface area contributed by atoms with Crippen LogP contribution in [-0.2, 0) is 4.74 Å². The van der Waals surface area contributed by atoms with E-state index in [1.807, 2.05) is 0 Å². The molecule has 2 atom stereocenters. The molecule has 0 spiro atoms. The minimum absolute atomic E-state index is 0.141. The first kappa shape index (κ1) is 9.01. The molecule has 1 aliphatic rings. The molecule has 2 unspecified atom stereocenters. The molecule has 11 heavy (non-hydrogen) atoms. The third-order valence-electron chi connectivity index (χ3n) is 2.45. The zero-order valence-electron chi connectivity index (χ0n) is 7.42. The molecule has 1 saturated heterocycles. The highest BCUT2D eigenvalue weighted by Crippen LogP contribution is 2.21. The molecule has 2 nitrogen and oxygen atoms in total. The second-order valence-electron chi connectivity index (χ2n) is 3.69. The van der Waals surface area contributed by atoms with E-state index in [-0.39, 0.29) is 6.10 Å². The first-order valence-electron chi connectivity index (χ1n) is 4.47. The van der Waals surface area contributed by atoms with Crippen molar-refractivity contribution in [3.05, 3.63) is 0 Å². The minimum atomic E-state index is -0.141. The molecular weight excluding hydrogens is 140 g/mol. The van der Waals surface area contributed by atoms with Gasteiger partial charge in [0, 0.05) is 12.5 Å². The van der Waals surface area contributed by atoms with Crippen molar-refractivity contribution in [1.29, 1.82) is 0 Å². The third kappa shape index (κ3) is 2.46. The van der Waals surface area contributed by atoms with Crippen molar-refractivity contribution >= 4 is 0 Å². The molecule has 0 aromatic carbocycles. The summed E-state index contributed by atoms with van der Waals surface area (Å²) in [7, 11) is 0. The van der Waals surface area contributed by atoms with Crippen LogP contribution in [0.4, 0.5) is 0 Å². The second-order valence-corrected chi connectivity index (χ2v) is 3.69. The number of hydrogen-bond acceptors (Lipinski definition) is 2. The molecule has 0 amide bonds. The van der Waals surface area contributed by atoms with Crippen LogP contribution in [-0.4, -0.2) is 24.4 Å². The van der Waals surface area contributed by atoms with Gasteiger partial charge < -0.3 is 9.84 Å². The minimum Gasteiger partial charge on any atom is -0.393 e. The summed E-state index contributed by atoms with van der Waals surface area (Å²) in [4.78, 5) is 0. The van der Waals surface area contributed by atoms with Gasteiger partial charge in [-0.05, 0) is 18.8 Å². The highest BCUT2D eigenvalue weighted by molar-refractivity contribution is 4.73. The fourth-order valence-electron chi connectivity index (χ4n) is 1.58. The van der Waals surface area contributed by atoms with Gasteiger partial charge in [-0.2, -0.15) is 0 Å². The molecule has 1 aliphatic heterocycles. The average Bonchev–Trinajstić information content (AvgIpc) is 2.13. The molecule has 66 valence electrons. The lowest BCUT2D eigenvalue weighted by Gasteiger charge is -2.22. The van der Waals surface area contributed by atoms with E-state index in [2.05, 4.69) is 13.8 Å². The normalized spacial score (nSPS) is 33.8. The topological polar surface area (TPSA) is 29.5 Å². The average molecular weight is 158 g/mol. The maximum Gasteiger partial charge on any atom is 0.0593 e. The SMILES string of the molecule is CC(C)C1COCCCC1O. The van der Waals surface area contributed by atoms with Crippen molar-refractivity contribution in [2.45, 2.75) is 32.8 Å². The van der Waals surface area contributed by atoms with Gasteiger partial charge in [-0.15, -0.1) is 0 Å². The number of aliphatic hydroxyl groups is 1. The largest absolute Gasteiger partial charge is 0.393 e. The Morgan fingerprint density at radius 3 is 2.82 bits per heavy atom. The van der Waals surface area contributed by atoms with Crippen LogP contribution in [0.5, 0.6) is 0 Å². The third-order valence-corrected chi connectivity index (χ3v) is 2.45.